The second kappa shape index (κ2) is 9.09. The van der Waals surface area contributed by atoms with Gasteiger partial charge in [-0.15, -0.1) is 0 Å². The van der Waals surface area contributed by atoms with Gasteiger partial charge in [0.25, 0.3) is 5.78 Å². The molecule has 0 spiro atoms. The number of methoxy groups -OCH3 is 1. The van der Waals surface area contributed by atoms with Gasteiger partial charge in [-0.3, -0.25) is 14.5 Å². The van der Waals surface area contributed by atoms with Crippen LogP contribution in [0.2, 0.25) is 0 Å². The molecule has 2 aliphatic rings. The lowest BCUT2D eigenvalue weighted by atomic mass is 9.88. The Morgan fingerprint density at radius 3 is 2.58 bits per heavy atom. The normalized spacial score (nSPS) is 18.7. The van der Waals surface area contributed by atoms with E-state index < -0.39 is 29.4 Å². The van der Waals surface area contributed by atoms with Crippen molar-refractivity contribution in [2.75, 3.05) is 12.0 Å². The van der Waals surface area contributed by atoms with Gasteiger partial charge < -0.3 is 14.8 Å². The Hall–Kier alpha value is -4.53. The summed E-state index contributed by atoms with van der Waals surface area (Å²) in [5, 5.41) is 11.5. The minimum absolute atomic E-state index is 0.0792. The molecule has 1 unspecified atom stereocenters. The summed E-state index contributed by atoms with van der Waals surface area (Å²) < 4.78 is 33.1. The van der Waals surface area contributed by atoms with Crippen molar-refractivity contribution in [1.29, 1.82) is 0 Å². The Morgan fingerprint density at radius 1 is 1.03 bits per heavy atom. The van der Waals surface area contributed by atoms with Crippen LogP contribution in [-0.2, 0) is 22.4 Å². The van der Waals surface area contributed by atoms with Crippen LogP contribution in [-0.4, -0.2) is 33.9 Å². The van der Waals surface area contributed by atoms with Crippen molar-refractivity contribution in [2.45, 2.75) is 31.7 Å². The van der Waals surface area contributed by atoms with E-state index in [-0.39, 0.29) is 28.3 Å². The second-order valence-electron chi connectivity index (χ2n) is 9.48. The van der Waals surface area contributed by atoms with Crippen molar-refractivity contribution in [3.8, 4) is 5.75 Å². The summed E-state index contributed by atoms with van der Waals surface area (Å²) in [6, 6.07) is 13.1. The number of aliphatic hydroxyl groups is 1. The van der Waals surface area contributed by atoms with Crippen LogP contribution < -0.4 is 9.64 Å². The average Bonchev–Trinajstić information content (AvgIpc) is 3.45. The number of imidazole rings is 1. The van der Waals surface area contributed by atoms with Gasteiger partial charge in [-0.05, 0) is 60.6 Å². The Balaban J connectivity index is 1.55. The van der Waals surface area contributed by atoms with Gasteiger partial charge in [0, 0.05) is 17.7 Å². The van der Waals surface area contributed by atoms with E-state index in [9.17, 15) is 23.5 Å². The first-order valence-corrected chi connectivity index (χ1v) is 12.3. The van der Waals surface area contributed by atoms with Crippen LogP contribution >= 0.6 is 0 Å². The van der Waals surface area contributed by atoms with Crippen molar-refractivity contribution in [3.05, 3.63) is 94.1 Å². The number of aliphatic hydroxyl groups excluding tert-OH is 1. The number of carbonyl (C=O) groups excluding carboxylic acids is 2. The van der Waals surface area contributed by atoms with E-state index >= 15 is 0 Å². The van der Waals surface area contributed by atoms with E-state index in [1.165, 1.54) is 12.7 Å². The van der Waals surface area contributed by atoms with Crippen LogP contribution in [0.4, 0.5) is 14.7 Å². The molecular formula is C29H23F2N3O4. The molecule has 4 aromatic rings. The third kappa shape index (κ3) is 3.82. The molecule has 1 fully saturated rings. The number of carbonyl (C=O) groups is 2. The zero-order valence-electron chi connectivity index (χ0n) is 20.4. The topological polar surface area (TPSA) is 95.5 Å². The maximum atomic E-state index is 13.9. The van der Waals surface area contributed by atoms with E-state index in [1.807, 2.05) is 12.1 Å². The fourth-order valence-electron chi connectivity index (χ4n) is 5.32. The largest absolute Gasteiger partial charge is 0.507 e. The van der Waals surface area contributed by atoms with Gasteiger partial charge in [-0.1, -0.05) is 24.3 Å². The van der Waals surface area contributed by atoms with Crippen molar-refractivity contribution < 1.29 is 28.2 Å². The molecule has 1 atom stereocenters. The van der Waals surface area contributed by atoms with Crippen LogP contribution in [0.1, 0.15) is 41.1 Å². The van der Waals surface area contributed by atoms with E-state index in [2.05, 4.69) is 9.97 Å². The second-order valence-corrected chi connectivity index (χ2v) is 9.48. The van der Waals surface area contributed by atoms with E-state index in [1.54, 1.807) is 30.3 Å². The number of aryl methyl sites for hydroxylation is 2. The van der Waals surface area contributed by atoms with Gasteiger partial charge in [0.1, 0.15) is 11.5 Å². The number of nitrogens with one attached hydrogen (secondary N) is 1. The number of Topliss-reactive ketones (excluding diaryl/α,β-unsaturated/α-hetero) is 1. The number of benzene rings is 3. The lowest BCUT2D eigenvalue weighted by molar-refractivity contribution is -0.132. The van der Waals surface area contributed by atoms with Gasteiger partial charge in [-0.2, -0.15) is 0 Å². The number of H-pyrrole nitrogens is 1. The molecular weight excluding hydrogens is 492 g/mol. The molecule has 3 aromatic carbocycles. The molecule has 192 valence electrons. The van der Waals surface area contributed by atoms with Crippen LogP contribution in [0.25, 0.3) is 16.8 Å². The molecule has 1 amide bonds. The quantitative estimate of drug-likeness (QED) is 0.217. The summed E-state index contributed by atoms with van der Waals surface area (Å²) in [5.74, 6) is -3.90. The van der Waals surface area contributed by atoms with Gasteiger partial charge in [0.2, 0.25) is 5.95 Å². The van der Waals surface area contributed by atoms with E-state index in [0.29, 0.717) is 16.9 Å². The Morgan fingerprint density at radius 2 is 1.79 bits per heavy atom. The predicted octanol–water partition coefficient (Wildman–Crippen LogP) is 5.35. The highest BCUT2D eigenvalue weighted by Gasteiger charge is 2.48. The summed E-state index contributed by atoms with van der Waals surface area (Å²) in [4.78, 5) is 35.1. The number of hydrogen-bond acceptors (Lipinski definition) is 5. The third-order valence-electron chi connectivity index (χ3n) is 7.22. The Bertz CT molecular complexity index is 1620. The summed E-state index contributed by atoms with van der Waals surface area (Å²) in [6.45, 7) is 0. The zero-order valence-corrected chi connectivity index (χ0v) is 20.4. The van der Waals surface area contributed by atoms with E-state index in [0.717, 1.165) is 48.3 Å². The molecule has 1 aromatic heterocycles. The molecule has 7 nitrogen and oxygen atoms in total. The summed E-state index contributed by atoms with van der Waals surface area (Å²) in [5.41, 5.74) is 3.36. The number of fused-ring (bicyclic) bond motifs is 2. The van der Waals surface area contributed by atoms with Crippen LogP contribution in [0.15, 0.2) is 60.2 Å². The monoisotopic (exact) mass is 515 g/mol. The summed E-state index contributed by atoms with van der Waals surface area (Å²) in [6.07, 6.45) is 3.97. The molecule has 1 saturated heterocycles. The Kier molecular flexibility index (Phi) is 5.71. The first kappa shape index (κ1) is 23.8. The predicted molar refractivity (Wildman–Crippen MR) is 137 cm³/mol. The number of ether oxygens (including phenoxy) is 1. The summed E-state index contributed by atoms with van der Waals surface area (Å²) >= 11 is 0. The Labute approximate surface area is 216 Å². The number of aromatic nitrogens is 2. The molecule has 1 aliphatic carbocycles. The van der Waals surface area contributed by atoms with Crippen LogP contribution in [0.5, 0.6) is 5.75 Å². The number of halogens is 2. The molecule has 0 bridgehead atoms. The fraction of sp³-hybridized carbons (Fsp3) is 0.207. The van der Waals surface area contributed by atoms with Crippen LogP contribution in [0.3, 0.4) is 0 Å². The number of nitrogens with zero attached hydrogens (tertiary/aromatic N) is 2. The summed E-state index contributed by atoms with van der Waals surface area (Å²) in [7, 11) is 1.49. The van der Waals surface area contributed by atoms with Gasteiger partial charge in [0.05, 0.1) is 29.8 Å². The number of rotatable bonds is 4. The molecule has 0 radical (unpaired) electrons. The highest BCUT2D eigenvalue weighted by Crippen LogP contribution is 2.42. The zero-order chi connectivity index (χ0) is 26.6. The smallest absolute Gasteiger partial charge is 0.302 e. The van der Waals surface area contributed by atoms with Gasteiger partial charge >= 0.3 is 5.91 Å². The molecule has 2 heterocycles. The van der Waals surface area contributed by atoms with Gasteiger partial charge in [-0.25, -0.2) is 13.8 Å². The molecule has 2 N–H and O–H groups in total. The van der Waals surface area contributed by atoms with Crippen molar-refractivity contribution in [3.63, 3.8) is 0 Å². The van der Waals surface area contributed by atoms with Crippen molar-refractivity contribution in [1.82, 2.24) is 9.97 Å². The van der Waals surface area contributed by atoms with Gasteiger partial charge in [0.15, 0.2) is 11.6 Å². The number of anilines is 1. The maximum Gasteiger partial charge on any atom is 0.302 e. The molecule has 9 heteroatoms. The standard InChI is InChI=1S/C29H23F2N3O4/c1-38-19-8-4-7-17(12-19)25-24(26(35)18-10-9-15-5-2-3-6-16(15)11-18)27(36)28(37)34(25)29-32-22-13-20(30)21(31)14-23(22)33-29/h4,7-14,25,35H,2-3,5-6H2,1H3,(H,32,33)/b26-24+. The number of amides is 1. The first-order chi connectivity index (χ1) is 18.4. The fourth-order valence-corrected chi connectivity index (χ4v) is 5.32. The van der Waals surface area contributed by atoms with E-state index in [4.69, 9.17) is 4.74 Å². The molecule has 6 rings (SSSR count). The number of hydrogen-bond donors (Lipinski definition) is 2. The first-order valence-electron chi connectivity index (χ1n) is 12.3. The number of ketones is 1. The maximum absolute atomic E-state index is 13.9. The number of aromatic amines is 1. The minimum Gasteiger partial charge on any atom is -0.507 e. The van der Waals surface area contributed by atoms with Crippen LogP contribution in [0, 0.1) is 11.6 Å². The molecule has 0 saturated carbocycles. The lowest BCUT2D eigenvalue weighted by Crippen LogP contribution is -2.30. The minimum atomic E-state index is -1.09. The average molecular weight is 516 g/mol. The third-order valence-corrected chi connectivity index (χ3v) is 7.22. The highest BCUT2D eigenvalue weighted by molar-refractivity contribution is 6.51. The molecule has 38 heavy (non-hydrogen) atoms. The lowest BCUT2D eigenvalue weighted by Gasteiger charge is -2.23. The van der Waals surface area contributed by atoms with Crippen molar-refractivity contribution in [2.24, 2.45) is 0 Å². The molecule has 1 aliphatic heterocycles. The SMILES string of the molecule is COc1cccc(C2/C(=C(\O)c3ccc4c(c3)CCCC4)C(=O)C(=O)N2c2nc3cc(F)c(F)cc3[nH]2)c1. The highest BCUT2D eigenvalue weighted by atomic mass is 19.2. The van der Waals surface area contributed by atoms with Crippen molar-refractivity contribution >= 4 is 34.4 Å².